The molecule has 2 amide bonds. The van der Waals surface area contributed by atoms with Gasteiger partial charge in [-0.2, -0.15) is 0 Å². The Kier molecular flexibility index (Phi) is 6.65. The summed E-state index contributed by atoms with van der Waals surface area (Å²) in [5.74, 6) is 0.665. The van der Waals surface area contributed by atoms with Crippen LogP contribution in [0.1, 0.15) is 52.9 Å². The van der Waals surface area contributed by atoms with E-state index in [1.165, 1.54) is 0 Å². The van der Waals surface area contributed by atoms with Gasteiger partial charge in [-0.05, 0) is 55.2 Å². The summed E-state index contributed by atoms with van der Waals surface area (Å²) in [6, 6.07) is 11.0. The molecule has 2 aliphatic rings. The van der Waals surface area contributed by atoms with E-state index < -0.39 is 12.0 Å². The zero-order valence-corrected chi connectivity index (χ0v) is 18.8. The van der Waals surface area contributed by atoms with Gasteiger partial charge >= 0.3 is 0 Å². The van der Waals surface area contributed by atoms with Crippen LogP contribution >= 0.6 is 0 Å². The highest BCUT2D eigenvalue weighted by Gasteiger charge is 2.46. The van der Waals surface area contributed by atoms with Crippen molar-refractivity contribution in [3.63, 3.8) is 0 Å². The molecule has 0 fully saturated rings. The fourth-order valence-electron chi connectivity index (χ4n) is 4.74. The molecule has 2 heterocycles. The number of carbonyl (C=O) groups excluding carboxylic acids is 2. The molecule has 2 aliphatic heterocycles. The molecule has 0 saturated heterocycles. The van der Waals surface area contributed by atoms with Crippen LogP contribution in [-0.4, -0.2) is 56.7 Å². The van der Waals surface area contributed by atoms with Crippen LogP contribution in [0.25, 0.3) is 0 Å². The van der Waals surface area contributed by atoms with E-state index in [0.717, 1.165) is 16.7 Å². The summed E-state index contributed by atoms with van der Waals surface area (Å²) < 4.78 is 16.8. The maximum Gasteiger partial charge on any atom is 0.254 e. The van der Waals surface area contributed by atoms with E-state index in [1.807, 2.05) is 55.1 Å². The van der Waals surface area contributed by atoms with Crippen LogP contribution in [0.15, 0.2) is 36.4 Å². The topological polar surface area (TPSA) is 77.1 Å². The minimum atomic E-state index is -0.521. The Morgan fingerprint density at radius 1 is 1.09 bits per heavy atom. The maximum absolute atomic E-state index is 13.4. The number of ether oxygens (including phenoxy) is 3. The third-order valence-electron chi connectivity index (χ3n) is 6.07. The molecule has 1 N–H and O–H groups in total. The van der Waals surface area contributed by atoms with Crippen molar-refractivity contribution in [3.05, 3.63) is 58.7 Å². The molecule has 2 aromatic carbocycles. The maximum atomic E-state index is 13.4. The molecular formula is C25H30N2O5. The lowest BCUT2D eigenvalue weighted by molar-refractivity contribution is -0.124. The van der Waals surface area contributed by atoms with Gasteiger partial charge in [-0.15, -0.1) is 0 Å². The van der Waals surface area contributed by atoms with Gasteiger partial charge in [0.05, 0.1) is 31.8 Å². The zero-order chi connectivity index (χ0) is 22.7. The average Bonchev–Trinajstić information content (AvgIpc) is 2.80. The molecule has 0 aliphatic carbocycles. The van der Waals surface area contributed by atoms with Gasteiger partial charge in [0.1, 0.15) is 0 Å². The van der Waals surface area contributed by atoms with Gasteiger partial charge in [0.15, 0.2) is 11.5 Å². The third-order valence-corrected chi connectivity index (χ3v) is 6.07. The lowest BCUT2D eigenvalue weighted by Crippen LogP contribution is -2.50. The van der Waals surface area contributed by atoms with E-state index in [4.69, 9.17) is 14.2 Å². The van der Waals surface area contributed by atoms with Crippen LogP contribution < -0.4 is 14.8 Å². The smallest absolute Gasteiger partial charge is 0.254 e. The fourth-order valence-corrected chi connectivity index (χ4v) is 4.74. The molecule has 0 bridgehead atoms. The van der Waals surface area contributed by atoms with Crippen LogP contribution in [0.4, 0.5) is 0 Å². The Morgan fingerprint density at radius 2 is 1.81 bits per heavy atom. The number of nitrogens with one attached hydrogen (secondary N) is 1. The van der Waals surface area contributed by atoms with Gasteiger partial charge in [-0.3, -0.25) is 9.59 Å². The largest absolute Gasteiger partial charge is 0.490 e. The van der Waals surface area contributed by atoms with Crippen LogP contribution in [-0.2, 0) is 16.0 Å². The number of amides is 2. The monoisotopic (exact) mass is 438 g/mol. The van der Waals surface area contributed by atoms with Crippen molar-refractivity contribution in [3.8, 4) is 11.5 Å². The van der Waals surface area contributed by atoms with Crippen molar-refractivity contribution in [1.29, 1.82) is 0 Å². The summed E-state index contributed by atoms with van der Waals surface area (Å²) in [7, 11) is 1.60. The zero-order valence-electron chi connectivity index (χ0n) is 18.8. The predicted molar refractivity (Wildman–Crippen MR) is 120 cm³/mol. The minimum Gasteiger partial charge on any atom is -0.490 e. The van der Waals surface area contributed by atoms with Crippen molar-refractivity contribution < 1.29 is 23.8 Å². The Hall–Kier alpha value is -3.06. The number of benzene rings is 2. The first kappa shape index (κ1) is 22.1. The van der Waals surface area contributed by atoms with Crippen molar-refractivity contribution >= 4 is 11.8 Å². The van der Waals surface area contributed by atoms with Crippen molar-refractivity contribution in [2.75, 3.05) is 40.0 Å². The highest BCUT2D eigenvalue weighted by atomic mass is 16.5. The average molecular weight is 439 g/mol. The van der Waals surface area contributed by atoms with Gasteiger partial charge < -0.3 is 24.4 Å². The molecule has 0 spiro atoms. The summed E-state index contributed by atoms with van der Waals surface area (Å²) in [5.41, 5.74) is 3.38. The SMILES string of the molecule is CCOc1cc2c(cc1OCC)[C@@H]1[C@@H](C(=O)NCCOC)c3ccccc3C(=O)N1CC2. The highest BCUT2D eigenvalue weighted by Crippen LogP contribution is 2.48. The van der Waals surface area contributed by atoms with Crippen LogP contribution in [0.2, 0.25) is 0 Å². The quantitative estimate of drug-likeness (QED) is 0.641. The standard InChI is InChI=1S/C25H30N2O5/c1-4-31-20-14-16-10-12-27-23(19(16)15-21(20)32-5-2)22(24(28)26-11-13-30-3)17-8-6-7-9-18(17)25(27)29/h6-9,14-15,22-23H,4-5,10-13H2,1-3H3,(H,26,28)/t22-,23+/m0/s1. The Morgan fingerprint density at radius 3 is 2.53 bits per heavy atom. The Bertz CT molecular complexity index is 1010. The summed E-state index contributed by atoms with van der Waals surface area (Å²) in [4.78, 5) is 28.6. The van der Waals surface area contributed by atoms with E-state index in [-0.39, 0.29) is 11.8 Å². The molecule has 32 heavy (non-hydrogen) atoms. The predicted octanol–water partition coefficient (Wildman–Crippen LogP) is 3.08. The van der Waals surface area contributed by atoms with E-state index in [9.17, 15) is 9.59 Å². The van der Waals surface area contributed by atoms with E-state index in [1.54, 1.807) is 7.11 Å². The second-order valence-corrected chi connectivity index (χ2v) is 7.91. The molecule has 0 saturated carbocycles. The number of hydrogen-bond acceptors (Lipinski definition) is 5. The molecular weight excluding hydrogens is 408 g/mol. The lowest BCUT2D eigenvalue weighted by atomic mass is 9.75. The minimum absolute atomic E-state index is 0.0379. The first-order chi connectivity index (χ1) is 15.6. The second-order valence-electron chi connectivity index (χ2n) is 7.91. The second kappa shape index (κ2) is 9.61. The van der Waals surface area contributed by atoms with Crippen molar-refractivity contribution in [2.24, 2.45) is 0 Å². The first-order valence-electron chi connectivity index (χ1n) is 11.2. The van der Waals surface area contributed by atoms with Crippen LogP contribution in [0.3, 0.4) is 0 Å². The number of rotatable bonds is 8. The molecule has 7 heteroatoms. The fraction of sp³-hybridized carbons (Fsp3) is 0.440. The summed E-state index contributed by atoms with van der Waals surface area (Å²) in [6.07, 6.45) is 0.699. The van der Waals surface area contributed by atoms with Crippen molar-refractivity contribution in [2.45, 2.75) is 32.2 Å². The molecule has 170 valence electrons. The highest BCUT2D eigenvalue weighted by molar-refractivity contribution is 6.01. The number of carbonyl (C=O) groups is 2. The summed E-state index contributed by atoms with van der Waals surface area (Å²) >= 11 is 0. The molecule has 4 rings (SSSR count). The normalized spacial score (nSPS) is 19.0. The molecule has 0 aromatic heterocycles. The first-order valence-corrected chi connectivity index (χ1v) is 11.2. The van der Waals surface area contributed by atoms with Gasteiger partial charge in [0.25, 0.3) is 5.91 Å². The number of hydrogen-bond donors (Lipinski definition) is 1. The van der Waals surface area contributed by atoms with E-state index >= 15 is 0 Å². The molecule has 2 aromatic rings. The van der Waals surface area contributed by atoms with E-state index in [2.05, 4.69) is 5.32 Å². The molecule has 0 unspecified atom stereocenters. The third kappa shape index (κ3) is 3.93. The lowest BCUT2D eigenvalue weighted by Gasteiger charge is -2.45. The Balaban J connectivity index is 1.83. The van der Waals surface area contributed by atoms with Crippen LogP contribution in [0.5, 0.6) is 11.5 Å². The number of nitrogens with zero attached hydrogens (tertiary/aromatic N) is 1. The van der Waals surface area contributed by atoms with Gasteiger partial charge in [-0.1, -0.05) is 18.2 Å². The van der Waals surface area contributed by atoms with Gasteiger partial charge in [-0.25, -0.2) is 0 Å². The van der Waals surface area contributed by atoms with Gasteiger partial charge in [0.2, 0.25) is 5.91 Å². The van der Waals surface area contributed by atoms with Gasteiger partial charge in [0, 0.05) is 25.8 Å². The number of methoxy groups -OCH3 is 1. The summed E-state index contributed by atoms with van der Waals surface area (Å²) in [6.45, 7) is 6.28. The van der Waals surface area contributed by atoms with Crippen molar-refractivity contribution in [1.82, 2.24) is 10.2 Å². The van der Waals surface area contributed by atoms with E-state index in [0.29, 0.717) is 56.4 Å². The number of fused-ring (bicyclic) bond motifs is 4. The Labute approximate surface area is 188 Å². The molecule has 0 radical (unpaired) electrons. The molecule has 2 atom stereocenters. The summed E-state index contributed by atoms with van der Waals surface area (Å²) in [5, 5.41) is 2.99. The molecule has 7 nitrogen and oxygen atoms in total. The van der Waals surface area contributed by atoms with Crippen LogP contribution in [0, 0.1) is 0 Å².